The second kappa shape index (κ2) is 7.00. The maximum Gasteiger partial charge on any atom is 0.134 e. The quantitative estimate of drug-likeness (QED) is 0.859. The Hall–Kier alpha value is -2.14. The van der Waals surface area contributed by atoms with Crippen LogP contribution in [0.15, 0.2) is 30.6 Å². The van der Waals surface area contributed by atoms with Gasteiger partial charge in [-0.1, -0.05) is 18.2 Å². The number of hydrogen-bond donors (Lipinski definition) is 0. The average molecular weight is 338 g/mol. The van der Waals surface area contributed by atoms with Crippen molar-refractivity contribution in [3.8, 4) is 0 Å². The fourth-order valence-electron chi connectivity index (χ4n) is 3.82. The van der Waals surface area contributed by atoms with Crippen molar-refractivity contribution in [2.24, 2.45) is 0 Å². The molecule has 2 aliphatic rings. The number of nitrogens with zero attached hydrogens (tertiary/aromatic N) is 4. The van der Waals surface area contributed by atoms with E-state index in [4.69, 9.17) is 4.74 Å². The molecule has 1 aromatic heterocycles. The highest BCUT2D eigenvalue weighted by atomic mass is 16.5. The minimum atomic E-state index is 0.409. The van der Waals surface area contributed by atoms with Gasteiger partial charge in [-0.2, -0.15) is 0 Å². The van der Waals surface area contributed by atoms with Crippen LogP contribution < -0.4 is 9.80 Å². The minimum Gasteiger partial charge on any atom is -0.378 e. The summed E-state index contributed by atoms with van der Waals surface area (Å²) in [6, 6.07) is 9.40. The summed E-state index contributed by atoms with van der Waals surface area (Å²) in [6.07, 6.45) is 4.09. The smallest absolute Gasteiger partial charge is 0.134 e. The SMILES string of the molecule is Cc1ccc(C2CCCN2c2cc(N3CCOCC3)ncn2)cc1C. The van der Waals surface area contributed by atoms with Gasteiger partial charge in [0.2, 0.25) is 0 Å². The van der Waals surface area contributed by atoms with Crippen LogP contribution in [0, 0.1) is 13.8 Å². The molecular weight excluding hydrogens is 312 g/mol. The fourth-order valence-corrected chi connectivity index (χ4v) is 3.82. The number of aromatic nitrogens is 2. The Kier molecular flexibility index (Phi) is 4.57. The lowest BCUT2D eigenvalue weighted by atomic mass is 9.99. The highest BCUT2D eigenvalue weighted by Crippen LogP contribution is 2.36. The summed E-state index contributed by atoms with van der Waals surface area (Å²) in [6.45, 7) is 8.76. The first-order valence-electron chi connectivity index (χ1n) is 9.21. The lowest BCUT2D eigenvalue weighted by molar-refractivity contribution is 0.122. The Morgan fingerprint density at radius 1 is 0.960 bits per heavy atom. The predicted molar refractivity (Wildman–Crippen MR) is 100 cm³/mol. The molecule has 132 valence electrons. The van der Waals surface area contributed by atoms with Gasteiger partial charge in [0.05, 0.1) is 19.3 Å². The molecule has 2 saturated heterocycles. The van der Waals surface area contributed by atoms with E-state index in [1.165, 1.54) is 29.5 Å². The molecule has 0 aliphatic carbocycles. The third kappa shape index (κ3) is 3.33. The first-order chi connectivity index (χ1) is 12.2. The van der Waals surface area contributed by atoms with Crippen LogP contribution in [-0.4, -0.2) is 42.8 Å². The second-order valence-electron chi connectivity index (χ2n) is 7.03. The van der Waals surface area contributed by atoms with E-state index in [2.05, 4.69) is 57.9 Å². The van der Waals surface area contributed by atoms with Gasteiger partial charge in [0, 0.05) is 25.7 Å². The van der Waals surface area contributed by atoms with Gasteiger partial charge in [0.1, 0.15) is 18.0 Å². The molecule has 0 bridgehead atoms. The third-order valence-electron chi connectivity index (χ3n) is 5.44. The van der Waals surface area contributed by atoms with Crippen LogP contribution in [0.4, 0.5) is 11.6 Å². The first kappa shape index (κ1) is 16.3. The van der Waals surface area contributed by atoms with Crippen LogP contribution in [0.1, 0.15) is 35.6 Å². The van der Waals surface area contributed by atoms with Crippen LogP contribution in [0.2, 0.25) is 0 Å². The van der Waals surface area contributed by atoms with Crippen LogP contribution >= 0.6 is 0 Å². The molecule has 2 fully saturated rings. The maximum absolute atomic E-state index is 5.45. The summed E-state index contributed by atoms with van der Waals surface area (Å²) >= 11 is 0. The molecule has 5 heteroatoms. The lowest BCUT2D eigenvalue weighted by Gasteiger charge is -2.30. The van der Waals surface area contributed by atoms with E-state index in [0.29, 0.717) is 6.04 Å². The number of ether oxygens (including phenoxy) is 1. The van der Waals surface area contributed by atoms with Gasteiger partial charge < -0.3 is 14.5 Å². The van der Waals surface area contributed by atoms with Crippen molar-refractivity contribution in [1.29, 1.82) is 0 Å². The summed E-state index contributed by atoms with van der Waals surface area (Å²) < 4.78 is 5.45. The Bertz CT molecular complexity index is 742. The largest absolute Gasteiger partial charge is 0.378 e. The van der Waals surface area contributed by atoms with Crippen molar-refractivity contribution >= 4 is 11.6 Å². The molecule has 3 heterocycles. The molecule has 5 nitrogen and oxygen atoms in total. The van der Waals surface area contributed by atoms with Crippen LogP contribution in [0.3, 0.4) is 0 Å². The Balaban J connectivity index is 1.60. The average Bonchev–Trinajstić information content (AvgIpc) is 3.15. The maximum atomic E-state index is 5.45. The van der Waals surface area contributed by atoms with Gasteiger partial charge in [-0.05, 0) is 43.4 Å². The number of benzene rings is 1. The standard InChI is InChI=1S/C20H26N4O/c1-15-5-6-17(12-16(15)2)18-4-3-7-24(18)20-13-19(21-14-22-20)23-8-10-25-11-9-23/h5-6,12-14,18H,3-4,7-11H2,1-2H3. The Morgan fingerprint density at radius 2 is 1.76 bits per heavy atom. The minimum absolute atomic E-state index is 0.409. The highest BCUT2D eigenvalue weighted by Gasteiger charge is 2.28. The van der Waals surface area contributed by atoms with Gasteiger partial charge in [-0.3, -0.25) is 0 Å². The molecule has 0 saturated carbocycles. The molecule has 1 aromatic carbocycles. The number of anilines is 2. The second-order valence-corrected chi connectivity index (χ2v) is 7.03. The van der Waals surface area contributed by atoms with E-state index < -0.39 is 0 Å². The number of hydrogen-bond acceptors (Lipinski definition) is 5. The zero-order valence-electron chi connectivity index (χ0n) is 15.1. The Labute approximate surface area is 149 Å². The molecule has 1 atom stereocenters. The number of aryl methyl sites for hydroxylation is 2. The summed E-state index contributed by atoms with van der Waals surface area (Å²) in [5.41, 5.74) is 4.11. The van der Waals surface area contributed by atoms with Crippen molar-refractivity contribution in [2.45, 2.75) is 32.7 Å². The molecule has 0 N–H and O–H groups in total. The van der Waals surface area contributed by atoms with Crippen LogP contribution in [0.25, 0.3) is 0 Å². The predicted octanol–water partition coefficient (Wildman–Crippen LogP) is 3.27. The molecule has 2 aliphatic heterocycles. The monoisotopic (exact) mass is 338 g/mol. The van der Waals surface area contributed by atoms with Gasteiger partial charge in [-0.15, -0.1) is 0 Å². The number of rotatable bonds is 3. The summed E-state index contributed by atoms with van der Waals surface area (Å²) in [5, 5.41) is 0. The van der Waals surface area contributed by atoms with Gasteiger partial charge in [-0.25, -0.2) is 9.97 Å². The van der Waals surface area contributed by atoms with Crippen molar-refractivity contribution in [3.05, 3.63) is 47.3 Å². The first-order valence-corrected chi connectivity index (χ1v) is 9.21. The van der Waals surface area contributed by atoms with E-state index in [-0.39, 0.29) is 0 Å². The molecule has 2 aromatic rings. The highest BCUT2D eigenvalue weighted by molar-refractivity contribution is 5.53. The van der Waals surface area contributed by atoms with E-state index >= 15 is 0 Å². The van der Waals surface area contributed by atoms with E-state index in [9.17, 15) is 0 Å². The summed E-state index contributed by atoms with van der Waals surface area (Å²) in [7, 11) is 0. The molecule has 0 radical (unpaired) electrons. The Morgan fingerprint density at radius 3 is 2.56 bits per heavy atom. The van der Waals surface area contributed by atoms with E-state index in [0.717, 1.165) is 44.5 Å². The lowest BCUT2D eigenvalue weighted by Crippen LogP contribution is -2.37. The van der Waals surface area contributed by atoms with E-state index in [1.54, 1.807) is 6.33 Å². The topological polar surface area (TPSA) is 41.5 Å². The molecule has 25 heavy (non-hydrogen) atoms. The zero-order valence-corrected chi connectivity index (χ0v) is 15.1. The van der Waals surface area contributed by atoms with Gasteiger partial charge >= 0.3 is 0 Å². The molecule has 0 spiro atoms. The van der Waals surface area contributed by atoms with Crippen molar-refractivity contribution in [1.82, 2.24) is 9.97 Å². The zero-order chi connectivity index (χ0) is 17.2. The van der Waals surface area contributed by atoms with E-state index in [1.807, 2.05) is 0 Å². The molecule has 1 unspecified atom stereocenters. The fraction of sp³-hybridized carbons (Fsp3) is 0.500. The normalized spacial score (nSPS) is 21.0. The number of morpholine rings is 1. The molecular formula is C20H26N4O. The molecule has 4 rings (SSSR count). The molecule has 0 amide bonds. The third-order valence-corrected chi connectivity index (χ3v) is 5.44. The van der Waals surface area contributed by atoms with Gasteiger partial charge in [0.15, 0.2) is 0 Å². The van der Waals surface area contributed by atoms with Crippen molar-refractivity contribution in [3.63, 3.8) is 0 Å². The van der Waals surface area contributed by atoms with Crippen molar-refractivity contribution in [2.75, 3.05) is 42.6 Å². The summed E-state index contributed by atoms with van der Waals surface area (Å²) in [5.74, 6) is 2.05. The van der Waals surface area contributed by atoms with Crippen LogP contribution in [0.5, 0.6) is 0 Å². The summed E-state index contributed by atoms with van der Waals surface area (Å²) in [4.78, 5) is 13.8. The van der Waals surface area contributed by atoms with Gasteiger partial charge in [0.25, 0.3) is 0 Å². The van der Waals surface area contributed by atoms with Crippen molar-refractivity contribution < 1.29 is 4.74 Å². The van der Waals surface area contributed by atoms with Crippen LogP contribution in [-0.2, 0) is 4.74 Å².